The molecule has 0 saturated heterocycles. The Morgan fingerprint density at radius 3 is 2.52 bits per heavy atom. The highest BCUT2D eigenvalue weighted by molar-refractivity contribution is 5.32. The van der Waals surface area contributed by atoms with E-state index in [1.165, 1.54) is 18.2 Å². The first-order chi connectivity index (χ1) is 9.86. The number of benzene rings is 1. The standard InChI is InChI=1S/C15H20F3NO2/c1-2-20-14(8-3-4-9-14)13(19)11-6-5-7-12(10-11)21-15(16,17)18/h5-7,10,13H,2-4,8-9,19H2,1H3. The van der Waals surface area contributed by atoms with Crippen molar-refractivity contribution in [1.82, 2.24) is 0 Å². The van der Waals surface area contributed by atoms with Crippen molar-refractivity contribution < 1.29 is 22.6 Å². The monoisotopic (exact) mass is 303 g/mol. The Hall–Kier alpha value is -1.27. The lowest BCUT2D eigenvalue weighted by Crippen LogP contribution is -2.41. The molecule has 1 atom stereocenters. The summed E-state index contributed by atoms with van der Waals surface area (Å²) < 4.78 is 46.7. The smallest absolute Gasteiger partial charge is 0.406 e. The first kappa shape index (κ1) is 16.1. The van der Waals surface area contributed by atoms with Crippen LogP contribution in [0.2, 0.25) is 0 Å². The zero-order valence-corrected chi connectivity index (χ0v) is 12.0. The number of rotatable bonds is 5. The van der Waals surface area contributed by atoms with Gasteiger partial charge in [-0.05, 0) is 37.5 Å². The van der Waals surface area contributed by atoms with Gasteiger partial charge in [0.2, 0.25) is 0 Å². The van der Waals surface area contributed by atoms with Crippen LogP contribution < -0.4 is 10.5 Å². The topological polar surface area (TPSA) is 44.5 Å². The van der Waals surface area contributed by atoms with Crippen molar-refractivity contribution in [1.29, 1.82) is 0 Å². The van der Waals surface area contributed by atoms with Crippen LogP contribution in [-0.4, -0.2) is 18.6 Å². The van der Waals surface area contributed by atoms with Gasteiger partial charge in [0, 0.05) is 6.61 Å². The fourth-order valence-electron chi connectivity index (χ4n) is 3.01. The van der Waals surface area contributed by atoms with Crippen molar-refractivity contribution in [2.45, 2.75) is 50.6 Å². The molecule has 1 saturated carbocycles. The predicted octanol–water partition coefficient (Wildman–Crippen LogP) is 3.93. The van der Waals surface area contributed by atoms with Gasteiger partial charge < -0.3 is 15.2 Å². The summed E-state index contributed by atoms with van der Waals surface area (Å²) in [6, 6.07) is 5.39. The van der Waals surface area contributed by atoms with Crippen LogP contribution in [0.4, 0.5) is 13.2 Å². The molecule has 3 nitrogen and oxygen atoms in total. The Morgan fingerprint density at radius 1 is 1.29 bits per heavy atom. The van der Waals surface area contributed by atoms with Gasteiger partial charge in [0.15, 0.2) is 0 Å². The van der Waals surface area contributed by atoms with Crippen molar-refractivity contribution in [3.63, 3.8) is 0 Å². The molecule has 0 heterocycles. The number of alkyl halides is 3. The third-order valence-electron chi connectivity index (χ3n) is 3.90. The zero-order valence-electron chi connectivity index (χ0n) is 12.0. The van der Waals surface area contributed by atoms with Crippen LogP contribution in [0.3, 0.4) is 0 Å². The van der Waals surface area contributed by atoms with Crippen LogP contribution in [-0.2, 0) is 4.74 Å². The van der Waals surface area contributed by atoms with E-state index in [1.807, 2.05) is 6.92 Å². The molecule has 1 fully saturated rings. The number of nitrogens with two attached hydrogens (primary N) is 1. The van der Waals surface area contributed by atoms with Gasteiger partial charge in [0.25, 0.3) is 0 Å². The summed E-state index contributed by atoms with van der Waals surface area (Å²) in [5.74, 6) is -0.250. The summed E-state index contributed by atoms with van der Waals surface area (Å²) >= 11 is 0. The van der Waals surface area contributed by atoms with E-state index in [0.29, 0.717) is 12.2 Å². The molecular weight excluding hydrogens is 283 g/mol. The molecule has 0 radical (unpaired) electrons. The molecule has 1 aliphatic carbocycles. The van der Waals surface area contributed by atoms with E-state index < -0.39 is 18.0 Å². The van der Waals surface area contributed by atoms with Crippen molar-refractivity contribution in [3.05, 3.63) is 29.8 Å². The number of ether oxygens (including phenoxy) is 2. The summed E-state index contributed by atoms with van der Waals surface area (Å²) in [5.41, 5.74) is 6.42. The van der Waals surface area contributed by atoms with E-state index in [9.17, 15) is 13.2 Å². The molecule has 0 bridgehead atoms. The quantitative estimate of drug-likeness (QED) is 0.896. The average Bonchev–Trinajstić information content (AvgIpc) is 2.86. The van der Waals surface area contributed by atoms with E-state index in [1.54, 1.807) is 6.07 Å². The highest BCUT2D eigenvalue weighted by Crippen LogP contribution is 2.42. The second-order valence-electron chi connectivity index (χ2n) is 5.30. The molecule has 0 amide bonds. The lowest BCUT2D eigenvalue weighted by molar-refractivity contribution is -0.274. The summed E-state index contributed by atoms with van der Waals surface area (Å²) in [6.45, 7) is 2.43. The fraction of sp³-hybridized carbons (Fsp3) is 0.600. The van der Waals surface area contributed by atoms with E-state index >= 15 is 0 Å². The number of hydrogen-bond donors (Lipinski definition) is 1. The predicted molar refractivity (Wildman–Crippen MR) is 72.9 cm³/mol. The summed E-state index contributed by atoms with van der Waals surface area (Å²) in [4.78, 5) is 0. The van der Waals surface area contributed by atoms with Crippen LogP contribution in [0.5, 0.6) is 5.75 Å². The van der Waals surface area contributed by atoms with Crippen LogP contribution >= 0.6 is 0 Å². The van der Waals surface area contributed by atoms with E-state index in [0.717, 1.165) is 25.7 Å². The molecule has 1 aromatic rings. The largest absolute Gasteiger partial charge is 0.573 e. The Bertz CT molecular complexity index is 470. The molecular formula is C15H20F3NO2. The van der Waals surface area contributed by atoms with Gasteiger partial charge in [0.1, 0.15) is 5.75 Å². The minimum absolute atomic E-state index is 0.250. The maximum atomic E-state index is 12.3. The van der Waals surface area contributed by atoms with Crippen LogP contribution in [0.25, 0.3) is 0 Å². The molecule has 1 aromatic carbocycles. The molecule has 0 aliphatic heterocycles. The first-order valence-corrected chi connectivity index (χ1v) is 7.11. The molecule has 0 spiro atoms. The van der Waals surface area contributed by atoms with Crippen LogP contribution in [0, 0.1) is 0 Å². The van der Waals surface area contributed by atoms with Gasteiger partial charge >= 0.3 is 6.36 Å². The van der Waals surface area contributed by atoms with Gasteiger partial charge in [-0.25, -0.2) is 0 Å². The summed E-state index contributed by atoms with van der Waals surface area (Å²) in [7, 11) is 0. The molecule has 6 heteroatoms. The Kier molecular flexibility index (Phi) is 4.78. The molecule has 21 heavy (non-hydrogen) atoms. The minimum atomic E-state index is -4.70. The SMILES string of the molecule is CCOC1(C(N)c2cccc(OC(F)(F)F)c2)CCCC1. The van der Waals surface area contributed by atoms with Crippen molar-refractivity contribution in [2.24, 2.45) is 5.73 Å². The van der Waals surface area contributed by atoms with Gasteiger partial charge in [0.05, 0.1) is 11.6 Å². The maximum Gasteiger partial charge on any atom is 0.573 e. The zero-order chi connectivity index (χ0) is 15.5. The van der Waals surface area contributed by atoms with Gasteiger partial charge in [-0.2, -0.15) is 0 Å². The second kappa shape index (κ2) is 6.23. The Balaban J connectivity index is 2.22. The maximum absolute atomic E-state index is 12.3. The summed E-state index contributed by atoms with van der Waals surface area (Å²) in [5, 5.41) is 0. The molecule has 1 unspecified atom stereocenters. The second-order valence-corrected chi connectivity index (χ2v) is 5.30. The van der Waals surface area contributed by atoms with E-state index in [2.05, 4.69) is 4.74 Å². The van der Waals surface area contributed by atoms with E-state index in [4.69, 9.17) is 10.5 Å². The van der Waals surface area contributed by atoms with Crippen LogP contribution in [0.15, 0.2) is 24.3 Å². The molecule has 118 valence electrons. The van der Waals surface area contributed by atoms with E-state index in [-0.39, 0.29) is 5.75 Å². The lowest BCUT2D eigenvalue weighted by atomic mass is 9.87. The molecule has 2 N–H and O–H groups in total. The molecule has 2 rings (SSSR count). The Labute approximate surface area is 122 Å². The van der Waals surface area contributed by atoms with Gasteiger partial charge in [-0.1, -0.05) is 25.0 Å². The number of halogens is 3. The van der Waals surface area contributed by atoms with Gasteiger partial charge in [-0.15, -0.1) is 13.2 Å². The van der Waals surface area contributed by atoms with Crippen LogP contribution in [0.1, 0.15) is 44.2 Å². The Morgan fingerprint density at radius 2 is 1.95 bits per heavy atom. The average molecular weight is 303 g/mol. The normalized spacial score (nSPS) is 19.5. The highest BCUT2D eigenvalue weighted by atomic mass is 19.4. The highest BCUT2D eigenvalue weighted by Gasteiger charge is 2.41. The lowest BCUT2D eigenvalue weighted by Gasteiger charge is -2.35. The molecule has 1 aliphatic rings. The first-order valence-electron chi connectivity index (χ1n) is 7.11. The third-order valence-corrected chi connectivity index (χ3v) is 3.90. The fourth-order valence-corrected chi connectivity index (χ4v) is 3.01. The molecule has 0 aromatic heterocycles. The summed E-state index contributed by atoms with van der Waals surface area (Å²) in [6.07, 6.45) is -1.01. The number of hydrogen-bond acceptors (Lipinski definition) is 3. The minimum Gasteiger partial charge on any atom is -0.406 e. The van der Waals surface area contributed by atoms with Crippen molar-refractivity contribution in [2.75, 3.05) is 6.61 Å². The van der Waals surface area contributed by atoms with Crippen molar-refractivity contribution in [3.8, 4) is 5.75 Å². The third kappa shape index (κ3) is 3.89. The van der Waals surface area contributed by atoms with Gasteiger partial charge in [-0.3, -0.25) is 0 Å². The van der Waals surface area contributed by atoms with Crippen molar-refractivity contribution >= 4 is 0 Å².